The molecule has 3 heteroatoms. The Kier molecular flexibility index (Phi) is 10.9. The van der Waals surface area contributed by atoms with Crippen LogP contribution in [0.3, 0.4) is 0 Å². The third kappa shape index (κ3) is 5.97. The van der Waals surface area contributed by atoms with E-state index in [0.717, 1.165) is 19.3 Å². The minimum Gasteiger partial charge on any atom is -0.394 e. The molecule has 1 unspecified atom stereocenters. The summed E-state index contributed by atoms with van der Waals surface area (Å²) < 4.78 is 12.9. The van der Waals surface area contributed by atoms with E-state index in [1.807, 2.05) is 0 Å². The quantitative estimate of drug-likeness (QED) is 0.282. The lowest BCUT2D eigenvalue weighted by Crippen LogP contribution is -2.54. The molecule has 134 valence electrons. The highest BCUT2D eigenvalue weighted by molar-refractivity contribution is 6.70. The van der Waals surface area contributed by atoms with Gasteiger partial charge in [0.05, 0.1) is 0 Å². The van der Waals surface area contributed by atoms with Gasteiger partial charge in [0, 0.05) is 18.3 Å². The second kappa shape index (κ2) is 10.8. The molecule has 0 aromatic carbocycles. The SMILES string of the molecule is CCCCCCC[Si](OCC)(OCC)C(C)(C)C(C)C(C)C. The number of hydrogen-bond acceptors (Lipinski definition) is 2. The van der Waals surface area contributed by atoms with Crippen molar-refractivity contribution in [2.24, 2.45) is 11.8 Å². The summed E-state index contributed by atoms with van der Waals surface area (Å²) in [5.74, 6) is 1.26. The summed E-state index contributed by atoms with van der Waals surface area (Å²) in [6.07, 6.45) is 6.56. The van der Waals surface area contributed by atoms with Crippen LogP contribution in [-0.2, 0) is 8.85 Å². The maximum atomic E-state index is 6.43. The van der Waals surface area contributed by atoms with Gasteiger partial charge < -0.3 is 8.85 Å². The monoisotopic (exact) mass is 330 g/mol. The van der Waals surface area contributed by atoms with E-state index >= 15 is 0 Å². The lowest BCUT2D eigenvalue weighted by Gasteiger charge is -2.47. The van der Waals surface area contributed by atoms with Crippen LogP contribution in [0.1, 0.15) is 87.5 Å². The second-order valence-electron chi connectivity index (χ2n) is 7.54. The maximum Gasteiger partial charge on any atom is 0.344 e. The van der Waals surface area contributed by atoms with Crippen LogP contribution >= 0.6 is 0 Å². The summed E-state index contributed by atoms with van der Waals surface area (Å²) in [6.45, 7) is 19.9. The van der Waals surface area contributed by atoms with Crippen LogP contribution in [0.5, 0.6) is 0 Å². The topological polar surface area (TPSA) is 18.5 Å². The molecule has 0 spiro atoms. The molecular weight excluding hydrogens is 288 g/mol. The van der Waals surface area contributed by atoms with E-state index in [-0.39, 0.29) is 5.04 Å². The van der Waals surface area contributed by atoms with Gasteiger partial charge in [-0.3, -0.25) is 0 Å². The van der Waals surface area contributed by atoms with Crippen molar-refractivity contribution in [3.05, 3.63) is 0 Å². The minimum atomic E-state index is -2.21. The molecule has 0 aliphatic carbocycles. The molecule has 2 nitrogen and oxygen atoms in total. The van der Waals surface area contributed by atoms with E-state index in [2.05, 4.69) is 55.4 Å². The van der Waals surface area contributed by atoms with Crippen LogP contribution in [0, 0.1) is 11.8 Å². The molecule has 0 radical (unpaired) electrons. The molecule has 0 aliphatic rings. The number of hydrogen-bond donors (Lipinski definition) is 0. The van der Waals surface area contributed by atoms with Crippen LogP contribution in [0.15, 0.2) is 0 Å². The second-order valence-corrected chi connectivity index (χ2v) is 11.4. The normalized spacial score (nSPS) is 14.6. The third-order valence-corrected chi connectivity index (χ3v) is 10.4. The predicted molar refractivity (Wildman–Crippen MR) is 101 cm³/mol. The first kappa shape index (κ1) is 22.1. The van der Waals surface area contributed by atoms with Crippen LogP contribution in [0.2, 0.25) is 11.1 Å². The molecule has 0 saturated heterocycles. The third-order valence-electron chi connectivity index (χ3n) is 5.48. The Hall–Kier alpha value is 0.137. The van der Waals surface area contributed by atoms with Crippen molar-refractivity contribution in [3.8, 4) is 0 Å². The lowest BCUT2D eigenvalue weighted by atomic mass is 9.86. The van der Waals surface area contributed by atoms with Crippen LogP contribution in [-0.4, -0.2) is 21.8 Å². The predicted octanol–water partition coefficient (Wildman–Crippen LogP) is 6.54. The Bertz CT molecular complexity index is 271. The molecule has 0 aliphatic heterocycles. The summed E-state index contributed by atoms with van der Waals surface area (Å²) in [6, 6.07) is 1.14. The van der Waals surface area contributed by atoms with E-state index in [4.69, 9.17) is 8.85 Å². The summed E-state index contributed by atoms with van der Waals surface area (Å²) >= 11 is 0. The van der Waals surface area contributed by atoms with Crippen LogP contribution in [0.25, 0.3) is 0 Å². The largest absolute Gasteiger partial charge is 0.394 e. The van der Waals surface area contributed by atoms with Gasteiger partial charge in [-0.25, -0.2) is 0 Å². The molecule has 0 bridgehead atoms. The Labute approximate surface area is 141 Å². The van der Waals surface area contributed by atoms with Crippen LogP contribution < -0.4 is 0 Å². The Morgan fingerprint density at radius 2 is 1.32 bits per heavy atom. The Morgan fingerprint density at radius 3 is 1.73 bits per heavy atom. The zero-order valence-corrected chi connectivity index (χ0v) is 17.6. The molecule has 0 aromatic heterocycles. The van der Waals surface area contributed by atoms with E-state index in [9.17, 15) is 0 Å². The van der Waals surface area contributed by atoms with Gasteiger partial charge in [0.2, 0.25) is 0 Å². The minimum absolute atomic E-state index is 0.137. The molecular formula is C19H42O2Si. The van der Waals surface area contributed by atoms with Gasteiger partial charge in [0.25, 0.3) is 0 Å². The fraction of sp³-hybridized carbons (Fsp3) is 1.00. The van der Waals surface area contributed by atoms with Gasteiger partial charge in [-0.1, -0.05) is 73.6 Å². The summed E-state index contributed by atoms with van der Waals surface area (Å²) in [5.41, 5.74) is 0. The zero-order chi connectivity index (χ0) is 17.2. The van der Waals surface area contributed by atoms with Gasteiger partial charge in [0.15, 0.2) is 0 Å². The van der Waals surface area contributed by atoms with Crippen molar-refractivity contribution in [3.63, 3.8) is 0 Å². The number of unbranched alkanes of at least 4 members (excludes halogenated alkanes) is 4. The standard InChI is InChI=1S/C19H42O2Si/c1-9-12-13-14-15-16-22(20-10-2,21-11-3)19(7,8)18(6)17(4)5/h17-18H,9-16H2,1-8H3. The molecule has 0 fully saturated rings. The van der Waals surface area contributed by atoms with E-state index in [1.54, 1.807) is 0 Å². The fourth-order valence-electron chi connectivity index (χ4n) is 3.49. The summed E-state index contributed by atoms with van der Waals surface area (Å²) in [7, 11) is -2.21. The van der Waals surface area contributed by atoms with E-state index < -0.39 is 8.56 Å². The Morgan fingerprint density at radius 1 is 0.818 bits per heavy atom. The molecule has 0 saturated carbocycles. The van der Waals surface area contributed by atoms with Gasteiger partial charge in [-0.15, -0.1) is 0 Å². The summed E-state index contributed by atoms with van der Waals surface area (Å²) in [5, 5.41) is 0.137. The van der Waals surface area contributed by atoms with Crippen LogP contribution in [0.4, 0.5) is 0 Å². The highest BCUT2D eigenvalue weighted by Gasteiger charge is 2.54. The molecule has 22 heavy (non-hydrogen) atoms. The van der Waals surface area contributed by atoms with Gasteiger partial charge >= 0.3 is 8.56 Å². The fourth-order valence-corrected chi connectivity index (χ4v) is 7.92. The molecule has 0 rings (SSSR count). The Balaban J connectivity index is 5.11. The van der Waals surface area contributed by atoms with Crippen molar-refractivity contribution in [2.75, 3.05) is 13.2 Å². The molecule has 0 heterocycles. The zero-order valence-electron chi connectivity index (χ0n) is 16.6. The molecule has 0 N–H and O–H groups in total. The number of rotatable bonds is 13. The highest BCUT2D eigenvalue weighted by atomic mass is 28.4. The van der Waals surface area contributed by atoms with Crippen molar-refractivity contribution in [1.29, 1.82) is 0 Å². The van der Waals surface area contributed by atoms with Crippen molar-refractivity contribution < 1.29 is 8.85 Å². The van der Waals surface area contributed by atoms with E-state index in [1.165, 1.54) is 32.1 Å². The van der Waals surface area contributed by atoms with Crippen molar-refractivity contribution in [2.45, 2.75) is 98.6 Å². The smallest absolute Gasteiger partial charge is 0.344 e. The first-order valence-corrected chi connectivity index (χ1v) is 11.6. The molecule has 0 aromatic rings. The summed E-state index contributed by atoms with van der Waals surface area (Å²) in [4.78, 5) is 0. The van der Waals surface area contributed by atoms with Crippen molar-refractivity contribution >= 4 is 8.56 Å². The maximum absolute atomic E-state index is 6.43. The van der Waals surface area contributed by atoms with Gasteiger partial charge in [-0.2, -0.15) is 0 Å². The molecule has 0 amide bonds. The van der Waals surface area contributed by atoms with Crippen molar-refractivity contribution in [1.82, 2.24) is 0 Å². The van der Waals surface area contributed by atoms with Gasteiger partial charge in [-0.05, 0) is 31.7 Å². The average Bonchev–Trinajstić information content (AvgIpc) is 2.46. The highest BCUT2D eigenvalue weighted by Crippen LogP contribution is 2.50. The van der Waals surface area contributed by atoms with E-state index in [0.29, 0.717) is 11.8 Å². The molecule has 1 atom stereocenters. The first-order chi connectivity index (χ1) is 10.3. The average molecular weight is 331 g/mol. The van der Waals surface area contributed by atoms with Gasteiger partial charge in [0.1, 0.15) is 0 Å². The lowest BCUT2D eigenvalue weighted by molar-refractivity contribution is 0.131. The first-order valence-electron chi connectivity index (χ1n) is 9.56.